The minimum atomic E-state index is -0.875. The number of esters is 2. The predicted molar refractivity (Wildman–Crippen MR) is 97.0 cm³/mol. The number of ether oxygens (including phenoxy) is 2. The third-order valence-electron chi connectivity index (χ3n) is 3.31. The van der Waals surface area contributed by atoms with Gasteiger partial charge in [0, 0.05) is 6.08 Å². The van der Waals surface area contributed by atoms with Crippen LogP contribution in [0.25, 0.3) is 17.0 Å². The van der Waals surface area contributed by atoms with E-state index in [-0.39, 0.29) is 24.5 Å². The van der Waals surface area contributed by atoms with Crippen molar-refractivity contribution in [1.82, 2.24) is 0 Å². The fourth-order valence-corrected chi connectivity index (χ4v) is 2.03. The van der Waals surface area contributed by atoms with Crippen LogP contribution in [0.1, 0.15) is 23.0 Å². The molecule has 0 bridgehead atoms. The summed E-state index contributed by atoms with van der Waals surface area (Å²) in [7, 11) is 0. The van der Waals surface area contributed by atoms with E-state index in [0.717, 1.165) is 0 Å². The maximum atomic E-state index is 11.9. The fraction of sp³-hybridized carbons (Fsp3) is 0.200. The van der Waals surface area contributed by atoms with Crippen molar-refractivity contribution in [1.29, 1.82) is 5.26 Å². The van der Waals surface area contributed by atoms with E-state index in [2.05, 4.69) is 4.85 Å². The molecule has 0 atom stereocenters. The van der Waals surface area contributed by atoms with Crippen LogP contribution in [0.2, 0.25) is 0 Å². The first-order valence-corrected chi connectivity index (χ1v) is 8.11. The van der Waals surface area contributed by atoms with Crippen molar-refractivity contribution in [3.63, 3.8) is 0 Å². The van der Waals surface area contributed by atoms with Gasteiger partial charge in [-0.05, 0) is 44.2 Å². The van der Waals surface area contributed by atoms with Crippen molar-refractivity contribution in [3.8, 4) is 6.07 Å². The van der Waals surface area contributed by atoms with E-state index in [1.54, 1.807) is 44.2 Å². The second-order valence-corrected chi connectivity index (χ2v) is 5.48. The number of hydrogen-bond donors (Lipinski definition) is 0. The third-order valence-corrected chi connectivity index (χ3v) is 3.31. The summed E-state index contributed by atoms with van der Waals surface area (Å²) in [6, 6.07) is 8.34. The smallest absolute Gasteiger partial charge is 0.349 e. The number of rotatable bonds is 7. The van der Waals surface area contributed by atoms with Crippen molar-refractivity contribution in [3.05, 3.63) is 70.0 Å². The summed E-state index contributed by atoms with van der Waals surface area (Å²) < 4.78 is 20.3. The van der Waals surface area contributed by atoms with Crippen molar-refractivity contribution in [2.24, 2.45) is 0 Å². The highest BCUT2D eigenvalue weighted by Gasteiger charge is 2.15. The highest BCUT2D eigenvalue weighted by molar-refractivity contribution is 5.97. The van der Waals surface area contributed by atoms with Crippen molar-refractivity contribution >= 4 is 24.1 Å². The molecule has 0 unspecified atom stereocenters. The Bertz CT molecular complexity index is 928. The van der Waals surface area contributed by atoms with Gasteiger partial charge in [-0.1, -0.05) is 0 Å². The highest BCUT2D eigenvalue weighted by Crippen LogP contribution is 2.14. The Morgan fingerprint density at radius 3 is 2.04 bits per heavy atom. The number of carbonyl (C=O) groups is 2. The fourth-order valence-electron chi connectivity index (χ4n) is 2.03. The molecule has 0 saturated carbocycles. The van der Waals surface area contributed by atoms with Gasteiger partial charge in [0.2, 0.25) is 0 Å². The predicted octanol–water partition coefficient (Wildman–Crippen LogP) is 3.44. The van der Waals surface area contributed by atoms with Crippen LogP contribution >= 0.6 is 0 Å². The zero-order chi connectivity index (χ0) is 20.5. The Hall–Kier alpha value is -4.04. The molecule has 0 fully saturated rings. The van der Waals surface area contributed by atoms with Crippen molar-refractivity contribution in [2.45, 2.75) is 13.8 Å². The largest absolute Gasteiger partial charge is 0.467 e. The monoisotopic (exact) mass is 380 g/mol. The molecular weight excluding hydrogens is 364 g/mol. The van der Waals surface area contributed by atoms with Gasteiger partial charge in [-0.15, -0.1) is 0 Å². The van der Waals surface area contributed by atoms with E-state index in [1.807, 2.05) is 0 Å². The number of furan rings is 2. The average Bonchev–Trinajstić information content (AvgIpc) is 3.28. The first-order chi connectivity index (χ1) is 13.4. The molecule has 0 saturated heterocycles. The number of nitriles is 1. The Morgan fingerprint density at radius 2 is 1.57 bits per heavy atom. The Balaban J connectivity index is 1.85. The van der Waals surface area contributed by atoms with Crippen LogP contribution in [0.5, 0.6) is 0 Å². The normalized spacial score (nSPS) is 11.4. The lowest BCUT2D eigenvalue weighted by molar-refractivity contribution is -0.146. The van der Waals surface area contributed by atoms with Gasteiger partial charge in [0.1, 0.15) is 47.9 Å². The van der Waals surface area contributed by atoms with Gasteiger partial charge in [0.05, 0.1) is 6.57 Å². The molecule has 0 aliphatic rings. The van der Waals surface area contributed by atoms with Crippen molar-refractivity contribution in [2.75, 3.05) is 13.2 Å². The van der Waals surface area contributed by atoms with Crippen LogP contribution < -0.4 is 0 Å². The van der Waals surface area contributed by atoms with E-state index in [0.29, 0.717) is 23.0 Å². The van der Waals surface area contributed by atoms with E-state index >= 15 is 0 Å². The van der Waals surface area contributed by atoms with Crippen LogP contribution in [-0.4, -0.2) is 25.2 Å². The zero-order valence-electron chi connectivity index (χ0n) is 15.2. The second-order valence-electron chi connectivity index (χ2n) is 5.48. The van der Waals surface area contributed by atoms with Gasteiger partial charge in [-0.25, -0.2) is 9.64 Å². The van der Waals surface area contributed by atoms with Gasteiger partial charge in [0.15, 0.2) is 0 Å². The van der Waals surface area contributed by atoms with E-state index in [4.69, 9.17) is 30.1 Å². The molecule has 2 rings (SSSR count). The molecule has 28 heavy (non-hydrogen) atoms. The molecule has 0 aromatic carbocycles. The second kappa shape index (κ2) is 9.60. The lowest BCUT2D eigenvalue weighted by Gasteiger charge is -2.05. The molecule has 8 heteroatoms. The standard InChI is InChI=1S/C20H16N2O6/c1-13-4-6-16(27-13)10-15(12-21)19(23)25-8-9-26-20(24)18(22-3)11-17-7-5-14(2)28-17/h4-7,10-11H,8-9H2,1-2H3. The van der Waals surface area contributed by atoms with Crippen molar-refractivity contribution < 1.29 is 27.9 Å². The molecule has 142 valence electrons. The molecule has 2 heterocycles. The molecule has 8 nitrogen and oxygen atoms in total. The molecule has 0 aliphatic heterocycles. The molecule has 0 N–H and O–H groups in total. The van der Waals surface area contributed by atoms with Crippen LogP contribution in [0.4, 0.5) is 0 Å². The van der Waals surface area contributed by atoms with Gasteiger partial charge < -0.3 is 18.3 Å². The molecule has 2 aromatic heterocycles. The number of aryl methyl sites for hydroxylation is 2. The summed E-state index contributed by atoms with van der Waals surface area (Å²) >= 11 is 0. The minimum Gasteiger partial charge on any atom is -0.467 e. The maximum Gasteiger partial charge on any atom is 0.349 e. The van der Waals surface area contributed by atoms with E-state index in [1.165, 1.54) is 12.2 Å². The van der Waals surface area contributed by atoms with Crippen LogP contribution in [-0.2, 0) is 19.1 Å². The first-order valence-electron chi connectivity index (χ1n) is 8.11. The Morgan fingerprint density at radius 1 is 1.04 bits per heavy atom. The molecule has 0 aliphatic carbocycles. The summed E-state index contributed by atoms with van der Waals surface area (Å²) in [5.74, 6) is 0.224. The Labute approximate surface area is 161 Å². The number of carbonyl (C=O) groups excluding carboxylic acids is 2. The summed E-state index contributed by atoms with van der Waals surface area (Å²) in [6.07, 6.45) is 2.52. The zero-order valence-corrected chi connectivity index (χ0v) is 15.2. The molecule has 0 radical (unpaired) electrons. The quantitative estimate of drug-likeness (QED) is 0.238. The Kier molecular flexibility index (Phi) is 6.95. The van der Waals surface area contributed by atoms with Crippen LogP contribution in [0.15, 0.2) is 44.4 Å². The molecule has 0 spiro atoms. The average molecular weight is 380 g/mol. The SMILES string of the molecule is [C-]#[N+]C(=Cc1ccc(C)o1)C(=O)OCCOC(=O)C(C#N)=Cc1ccc(C)o1. The highest BCUT2D eigenvalue weighted by atomic mass is 16.6. The lowest BCUT2D eigenvalue weighted by Crippen LogP contribution is -2.15. The van der Waals surface area contributed by atoms with Gasteiger partial charge in [-0.3, -0.25) is 4.79 Å². The molecular formula is C20H16N2O6. The van der Waals surface area contributed by atoms with Gasteiger partial charge in [-0.2, -0.15) is 5.26 Å². The van der Waals surface area contributed by atoms with Crippen LogP contribution in [0, 0.1) is 31.8 Å². The summed E-state index contributed by atoms with van der Waals surface area (Å²) in [5.41, 5.74) is -0.526. The summed E-state index contributed by atoms with van der Waals surface area (Å²) in [6.45, 7) is 9.98. The van der Waals surface area contributed by atoms with E-state index in [9.17, 15) is 9.59 Å². The minimum absolute atomic E-state index is 0.254. The topological polar surface area (TPSA) is 107 Å². The number of nitrogens with zero attached hydrogens (tertiary/aromatic N) is 2. The van der Waals surface area contributed by atoms with E-state index < -0.39 is 11.9 Å². The third kappa shape index (κ3) is 5.75. The first kappa shape index (κ1) is 20.3. The van der Waals surface area contributed by atoms with Crippen LogP contribution in [0.3, 0.4) is 0 Å². The van der Waals surface area contributed by atoms with Gasteiger partial charge in [0.25, 0.3) is 5.70 Å². The molecule has 0 amide bonds. The summed E-state index contributed by atoms with van der Waals surface area (Å²) in [5, 5.41) is 9.06. The maximum absolute atomic E-state index is 11.9. The summed E-state index contributed by atoms with van der Waals surface area (Å²) in [4.78, 5) is 26.9. The number of hydrogen-bond acceptors (Lipinski definition) is 7. The molecule has 2 aromatic rings. The lowest BCUT2D eigenvalue weighted by atomic mass is 10.2. The van der Waals surface area contributed by atoms with Gasteiger partial charge >= 0.3 is 11.9 Å².